The first kappa shape index (κ1) is 19.7. The fourth-order valence-electron chi connectivity index (χ4n) is 2.47. The average molecular weight is 394 g/mol. The minimum absolute atomic E-state index is 0.0680. The van der Waals surface area contributed by atoms with E-state index in [4.69, 9.17) is 9.47 Å². The molecule has 0 spiro atoms. The fraction of sp³-hybridized carbons (Fsp3) is 0.150. The van der Waals surface area contributed by atoms with Gasteiger partial charge in [-0.25, -0.2) is 0 Å². The van der Waals surface area contributed by atoms with Crippen LogP contribution in [0.15, 0.2) is 60.7 Å². The molecule has 1 aromatic heterocycles. The zero-order valence-corrected chi connectivity index (χ0v) is 15.6. The molecular formula is C20H18N4O5. The molecule has 3 rings (SSSR count). The first-order valence-electron chi connectivity index (χ1n) is 8.70. The third-order valence-corrected chi connectivity index (χ3v) is 4.00. The molecule has 0 atom stereocenters. The van der Waals surface area contributed by atoms with Crippen molar-refractivity contribution in [2.24, 2.45) is 0 Å². The third-order valence-electron chi connectivity index (χ3n) is 4.00. The second kappa shape index (κ2) is 9.27. The Morgan fingerprint density at radius 1 is 1.03 bits per heavy atom. The van der Waals surface area contributed by atoms with Gasteiger partial charge in [-0.15, -0.1) is 10.2 Å². The lowest BCUT2D eigenvalue weighted by molar-refractivity contribution is -0.384. The molecule has 0 saturated heterocycles. The molecule has 29 heavy (non-hydrogen) atoms. The molecule has 0 aliphatic heterocycles. The van der Waals surface area contributed by atoms with Crippen LogP contribution in [0.4, 0.5) is 5.69 Å². The number of nitrogens with one attached hydrogen (secondary N) is 1. The quantitative estimate of drug-likeness (QED) is 0.355. The number of ether oxygens (including phenoxy) is 2. The summed E-state index contributed by atoms with van der Waals surface area (Å²) >= 11 is 0. The van der Waals surface area contributed by atoms with Crippen LogP contribution in [-0.4, -0.2) is 41.3 Å². The predicted octanol–water partition coefficient (Wildman–Crippen LogP) is 2.87. The summed E-state index contributed by atoms with van der Waals surface area (Å²) in [6.45, 7) is 0.451. The number of carbonyl (C=O) groups is 1. The zero-order valence-electron chi connectivity index (χ0n) is 15.6. The Morgan fingerprint density at radius 2 is 1.76 bits per heavy atom. The lowest BCUT2D eigenvalue weighted by Gasteiger charge is -2.07. The first-order chi connectivity index (χ1) is 14.1. The maximum absolute atomic E-state index is 12.0. The second-order valence-corrected chi connectivity index (χ2v) is 5.89. The molecule has 0 unspecified atom stereocenters. The van der Waals surface area contributed by atoms with Crippen LogP contribution >= 0.6 is 0 Å². The van der Waals surface area contributed by atoms with Crippen molar-refractivity contribution in [3.8, 4) is 22.9 Å². The number of hydrogen-bond acceptors (Lipinski definition) is 7. The minimum Gasteiger partial charge on any atom is -0.497 e. The summed E-state index contributed by atoms with van der Waals surface area (Å²) < 4.78 is 10.6. The Hall–Kier alpha value is -4.01. The van der Waals surface area contributed by atoms with Gasteiger partial charge >= 0.3 is 0 Å². The van der Waals surface area contributed by atoms with E-state index < -0.39 is 4.92 Å². The number of aromatic nitrogens is 2. The Balaban J connectivity index is 1.46. The van der Waals surface area contributed by atoms with E-state index in [1.54, 1.807) is 19.2 Å². The summed E-state index contributed by atoms with van der Waals surface area (Å²) in [5.41, 5.74) is 1.87. The molecule has 9 heteroatoms. The Bertz CT molecular complexity index is 973. The molecule has 0 aliphatic rings. The van der Waals surface area contributed by atoms with Crippen LogP contribution in [0.3, 0.4) is 0 Å². The van der Waals surface area contributed by atoms with E-state index >= 15 is 0 Å². The van der Waals surface area contributed by atoms with Crippen molar-refractivity contribution in [1.29, 1.82) is 0 Å². The van der Waals surface area contributed by atoms with E-state index in [9.17, 15) is 14.9 Å². The smallest absolute Gasteiger partial charge is 0.269 e. The van der Waals surface area contributed by atoms with Gasteiger partial charge in [-0.05, 0) is 42.5 Å². The highest BCUT2D eigenvalue weighted by Crippen LogP contribution is 2.21. The van der Waals surface area contributed by atoms with E-state index in [0.29, 0.717) is 17.1 Å². The van der Waals surface area contributed by atoms with E-state index in [-0.39, 0.29) is 24.7 Å². The number of non-ortho nitro benzene ring substituents is 1. The molecule has 2 aromatic carbocycles. The van der Waals surface area contributed by atoms with Crippen molar-refractivity contribution >= 4 is 11.6 Å². The molecule has 0 saturated carbocycles. The first-order valence-corrected chi connectivity index (χ1v) is 8.70. The van der Waals surface area contributed by atoms with Crippen LogP contribution < -0.4 is 14.8 Å². The van der Waals surface area contributed by atoms with Crippen molar-refractivity contribution in [2.45, 2.75) is 0 Å². The standard InChI is InChI=1S/C20H18N4O5/c1-28-17-8-4-14(5-9-17)18-10-11-19(23-22-18)29-13-12-21-20(25)15-2-6-16(7-3-15)24(26)27/h2-11H,12-13H2,1H3,(H,21,25). The number of carbonyl (C=O) groups excluding carboxylic acids is 1. The van der Waals surface area contributed by atoms with E-state index in [2.05, 4.69) is 15.5 Å². The molecule has 0 fully saturated rings. The van der Waals surface area contributed by atoms with Gasteiger partial charge in [0, 0.05) is 29.3 Å². The summed E-state index contributed by atoms with van der Waals surface area (Å²) in [6, 6.07) is 16.3. The summed E-state index contributed by atoms with van der Waals surface area (Å²) in [6.07, 6.45) is 0. The third kappa shape index (κ3) is 5.25. The van der Waals surface area contributed by atoms with Gasteiger partial charge < -0.3 is 14.8 Å². The van der Waals surface area contributed by atoms with Crippen LogP contribution in [0.1, 0.15) is 10.4 Å². The molecule has 9 nitrogen and oxygen atoms in total. The van der Waals surface area contributed by atoms with Gasteiger partial charge in [-0.3, -0.25) is 14.9 Å². The number of hydrogen-bond donors (Lipinski definition) is 1. The largest absolute Gasteiger partial charge is 0.497 e. The van der Waals surface area contributed by atoms with E-state index in [1.807, 2.05) is 24.3 Å². The number of benzene rings is 2. The highest BCUT2D eigenvalue weighted by atomic mass is 16.6. The van der Waals surface area contributed by atoms with Crippen molar-refractivity contribution in [3.63, 3.8) is 0 Å². The predicted molar refractivity (Wildman–Crippen MR) is 105 cm³/mol. The fourth-order valence-corrected chi connectivity index (χ4v) is 2.47. The normalized spacial score (nSPS) is 10.2. The summed E-state index contributed by atoms with van der Waals surface area (Å²) in [7, 11) is 1.61. The Kier molecular flexibility index (Phi) is 6.31. The number of amides is 1. The second-order valence-electron chi connectivity index (χ2n) is 5.89. The van der Waals surface area contributed by atoms with Gasteiger partial charge in [0.15, 0.2) is 0 Å². The highest BCUT2D eigenvalue weighted by molar-refractivity contribution is 5.94. The average Bonchev–Trinajstić information content (AvgIpc) is 2.77. The number of nitro benzene ring substituents is 1. The number of methoxy groups -OCH3 is 1. The zero-order chi connectivity index (χ0) is 20.6. The highest BCUT2D eigenvalue weighted by Gasteiger charge is 2.09. The van der Waals surface area contributed by atoms with Crippen LogP contribution in [0, 0.1) is 10.1 Å². The maximum atomic E-state index is 12.0. The van der Waals surface area contributed by atoms with Crippen LogP contribution in [-0.2, 0) is 0 Å². The van der Waals surface area contributed by atoms with Gasteiger partial charge in [-0.2, -0.15) is 0 Å². The van der Waals surface area contributed by atoms with Crippen molar-refractivity contribution in [1.82, 2.24) is 15.5 Å². The summed E-state index contributed by atoms with van der Waals surface area (Å²) in [4.78, 5) is 22.1. The lowest BCUT2D eigenvalue weighted by atomic mass is 10.1. The number of rotatable bonds is 8. The Morgan fingerprint density at radius 3 is 2.34 bits per heavy atom. The van der Waals surface area contributed by atoms with Gasteiger partial charge in [0.25, 0.3) is 11.6 Å². The molecule has 1 amide bonds. The monoisotopic (exact) mass is 394 g/mol. The summed E-state index contributed by atoms with van der Waals surface area (Å²) in [5.74, 6) is 0.758. The van der Waals surface area contributed by atoms with E-state index in [1.165, 1.54) is 24.3 Å². The molecule has 1 N–H and O–H groups in total. The van der Waals surface area contributed by atoms with Crippen LogP contribution in [0.2, 0.25) is 0 Å². The van der Waals surface area contributed by atoms with Crippen molar-refractivity contribution in [2.75, 3.05) is 20.3 Å². The SMILES string of the molecule is COc1ccc(-c2ccc(OCCNC(=O)c3ccc([N+](=O)[O-])cc3)nn2)cc1. The van der Waals surface area contributed by atoms with E-state index in [0.717, 1.165) is 11.3 Å². The lowest BCUT2D eigenvalue weighted by Crippen LogP contribution is -2.28. The van der Waals surface area contributed by atoms with Gasteiger partial charge in [-0.1, -0.05) is 0 Å². The van der Waals surface area contributed by atoms with Crippen LogP contribution in [0.5, 0.6) is 11.6 Å². The van der Waals surface area contributed by atoms with Gasteiger partial charge in [0.2, 0.25) is 5.88 Å². The molecule has 0 radical (unpaired) electrons. The van der Waals surface area contributed by atoms with Crippen molar-refractivity contribution in [3.05, 3.63) is 76.3 Å². The molecule has 148 valence electrons. The molecular weight excluding hydrogens is 376 g/mol. The van der Waals surface area contributed by atoms with Crippen LogP contribution in [0.25, 0.3) is 11.3 Å². The van der Waals surface area contributed by atoms with Gasteiger partial charge in [0.1, 0.15) is 12.4 Å². The maximum Gasteiger partial charge on any atom is 0.269 e. The van der Waals surface area contributed by atoms with Gasteiger partial charge in [0.05, 0.1) is 24.3 Å². The minimum atomic E-state index is -0.517. The molecule has 0 aliphatic carbocycles. The molecule has 1 heterocycles. The Labute approximate surface area is 166 Å². The number of nitrogens with zero attached hydrogens (tertiary/aromatic N) is 3. The topological polar surface area (TPSA) is 116 Å². The molecule has 3 aromatic rings. The number of nitro groups is 1. The molecule has 0 bridgehead atoms. The summed E-state index contributed by atoms with van der Waals surface area (Å²) in [5, 5.41) is 21.4. The van der Waals surface area contributed by atoms with Crippen molar-refractivity contribution < 1.29 is 19.2 Å².